The number of quaternary nitrogens is 1. The Balaban J connectivity index is 1.41. The zero-order valence-electron chi connectivity index (χ0n) is 15.6. The fourth-order valence-electron chi connectivity index (χ4n) is 3.00. The van der Waals surface area contributed by atoms with Crippen LogP contribution in [-0.2, 0) is 27.4 Å². The van der Waals surface area contributed by atoms with Gasteiger partial charge in [0.25, 0.3) is 5.91 Å². The molecule has 0 atom stereocenters. The fraction of sp³-hybridized carbons (Fsp3) is 0.333. The predicted octanol–water partition coefficient (Wildman–Crippen LogP) is 1.23. The van der Waals surface area contributed by atoms with Gasteiger partial charge in [-0.2, -0.15) is 0 Å². The summed E-state index contributed by atoms with van der Waals surface area (Å²) >= 11 is 5.91. The van der Waals surface area contributed by atoms with Gasteiger partial charge in [0.2, 0.25) is 0 Å². The third kappa shape index (κ3) is 6.34. The maximum absolute atomic E-state index is 12.1. The van der Waals surface area contributed by atoms with E-state index in [0.717, 1.165) is 44.0 Å². The van der Waals surface area contributed by atoms with Crippen LogP contribution in [0, 0.1) is 0 Å². The van der Waals surface area contributed by atoms with Crippen LogP contribution in [0.25, 0.3) is 0 Å². The van der Waals surface area contributed by atoms with Crippen molar-refractivity contribution in [1.82, 2.24) is 5.32 Å². The Morgan fingerprint density at radius 2 is 1.82 bits per heavy atom. The second kappa shape index (κ2) is 10.2. The zero-order chi connectivity index (χ0) is 19.8. The average molecular weight is 404 g/mol. The Bertz CT molecular complexity index is 804. The van der Waals surface area contributed by atoms with Crippen LogP contribution in [0.4, 0.5) is 0 Å². The third-order valence-electron chi connectivity index (χ3n) is 4.56. The minimum Gasteiger partial charge on any atom is -0.452 e. The van der Waals surface area contributed by atoms with Crippen molar-refractivity contribution in [3.05, 3.63) is 70.2 Å². The van der Waals surface area contributed by atoms with Crippen molar-refractivity contribution in [3.63, 3.8) is 0 Å². The molecule has 2 aromatic rings. The lowest BCUT2D eigenvalue weighted by atomic mass is 10.1. The van der Waals surface area contributed by atoms with Gasteiger partial charge in [-0.25, -0.2) is 4.79 Å². The van der Waals surface area contributed by atoms with E-state index in [4.69, 9.17) is 21.1 Å². The first-order chi connectivity index (χ1) is 13.6. The molecule has 148 valence electrons. The largest absolute Gasteiger partial charge is 0.452 e. The van der Waals surface area contributed by atoms with Crippen LogP contribution in [-0.4, -0.2) is 44.8 Å². The number of halogens is 1. The molecular weight excluding hydrogens is 380 g/mol. The number of carbonyl (C=O) groups excluding carboxylic acids is 2. The number of morpholine rings is 1. The van der Waals surface area contributed by atoms with Crippen LogP contribution in [0.2, 0.25) is 5.02 Å². The molecule has 1 aliphatic heterocycles. The summed E-state index contributed by atoms with van der Waals surface area (Å²) in [4.78, 5) is 25.5. The first-order valence-electron chi connectivity index (χ1n) is 9.28. The lowest BCUT2D eigenvalue weighted by Gasteiger charge is -2.23. The maximum atomic E-state index is 12.1. The second-order valence-corrected chi connectivity index (χ2v) is 7.16. The molecule has 0 unspecified atom stereocenters. The average Bonchev–Trinajstić information content (AvgIpc) is 2.72. The zero-order valence-corrected chi connectivity index (χ0v) is 16.3. The molecule has 0 saturated carbocycles. The number of benzene rings is 2. The van der Waals surface area contributed by atoms with Gasteiger partial charge >= 0.3 is 5.97 Å². The van der Waals surface area contributed by atoms with E-state index >= 15 is 0 Å². The van der Waals surface area contributed by atoms with Gasteiger partial charge in [-0.05, 0) is 29.8 Å². The van der Waals surface area contributed by atoms with Crippen molar-refractivity contribution in [2.75, 3.05) is 32.9 Å². The molecule has 0 spiro atoms. The number of hydrogen-bond acceptors (Lipinski definition) is 4. The Morgan fingerprint density at radius 1 is 1.07 bits per heavy atom. The highest BCUT2D eigenvalue weighted by Gasteiger charge is 2.15. The summed E-state index contributed by atoms with van der Waals surface area (Å²) in [6.07, 6.45) is 0. The molecule has 1 amide bonds. The monoisotopic (exact) mass is 403 g/mol. The summed E-state index contributed by atoms with van der Waals surface area (Å²) in [6, 6.07) is 14.5. The van der Waals surface area contributed by atoms with Crippen LogP contribution in [0.15, 0.2) is 48.5 Å². The van der Waals surface area contributed by atoms with E-state index in [-0.39, 0.29) is 12.5 Å². The number of amides is 1. The number of ether oxygens (including phenoxy) is 2. The molecule has 3 rings (SSSR count). The van der Waals surface area contributed by atoms with Gasteiger partial charge in [-0.3, -0.25) is 4.79 Å². The van der Waals surface area contributed by atoms with E-state index in [1.807, 2.05) is 24.3 Å². The van der Waals surface area contributed by atoms with Gasteiger partial charge < -0.3 is 19.7 Å². The van der Waals surface area contributed by atoms with Crippen molar-refractivity contribution in [2.24, 2.45) is 0 Å². The molecule has 7 heteroatoms. The highest BCUT2D eigenvalue weighted by Crippen LogP contribution is 2.10. The van der Waals surface area contributed by atoms with Crippen molar-refractivity contribution in [2.45, 2.75) is 13.1 Å². The smallest absolute Gasteiger partial charge is 0.338 e. The van der Waals surface area contributed by atoms with Gasteiger partial charge in [0, 0.05) is 17.1 Å². The van der Waals surface area contributed by atoms with Gasteiger partial charge in [0.05, 0.1) is 18.8 Å². The Labute approximate surface area is 169 Å². The van der Waals surface area contributed by atoms with Crippen molar-refractivity contribution in [3.8, 4) is 0 Å². The first-order valence-corrected chi connectivity index (χ1v) is 9.66. The van der Waals surface area contributed by atoms with Gasteiger partial charge in [0.15, 0.2) is 6.61 Å². The SMILES string of the molecule is O=C(COC(=O)c1ccc(C[NH+]2CCOCC2)cc1)NCc1cccc(Cl)c1. The molecule has 6 nitrogen and oxygen atoms in total. The van der Waals surface area contributed by atoms with E-state index in [0.29, 0.717) is 17.1 Å². The van der Waals surface area contributed by atoms with Crippen LogP contribution in [0.3, 0.4) is 0 Å². The van der Waals surface area contributed by atoms with Crippen molar-refractivity contribution >= 4 is 23.5 Å². The van der Waals surface area contributed by atoms with E-state index < -0.39 is 5.97 Å². The number of rotatable bonds is 7. The Kier molecular flexibility index (Phi) is 7.42. The standard InChI is InChI=1S/C21H23ClN2O4/c22-19-3-1-2-17(12-19)13-23-20(25)15-28-21(26)18-6-4-16(5-7-18)14-24-8-10-27-11-9-24/h1-7,12H,8-11,13-15H2,(H,23,25)/p+1. The van der Waals surface area contributed by atoms with E-state index in [9.17, 15) is 9.59 Å². The first kappa shape index (κ1) is 20.3. The molecule has 1 saturated heterocycles. The summed E-state index contributed by atoms with van der Waals surface area (Å²) < 4.78 is 10.5. The number of esters is 1. The topological polar surface area (TPSA) is 69.1 Å². The lowest BCUT2D eigenvalue weighted by Crippen LogP contribution is -3.12. The second-order valence-electron chi connectivity index (χ2n) is 6.72. The lowest BCUT2D eigenvalue weighted by molar-refractivity contribution is -0.921. The Morgan fingerprint density at radius 3 is 2.54 bits per heavy atom. The number of hydrogen-bond donors (Lipinski definition) is 2. The van der Waals surface area contributed by atoms with Crippen LogP contribution < -0.4 is 10.2 Å². The molecule has 0 bridgehead atoms. The molecule has 0 aliphatic carbocycles. The summed E-state index contributed by atoms with van der Waals surface area (Å²) in [6.45, 7) is 4.49. The Hall–Kier alpha value is -2.41. The van der Waals surface area contributed by atoms with E-state index in [2.05, 4.69) is 5.32 Å². The summed E-state index contributed by atoms with van der Waals surface area (Å²) in [7, 11) is 0. The number of nitrogens with one attached hydrogen (secondary N) is 2. The minimum absolute atomic E-state index is 0.320. The predicted molar refractivity (Wildman–Crippen MR) is 105 cm³/mol. The highest BCUT2D eigenvalue weighted by atomic mass is 35.5. The minimum atomic E-state index is -0.511. The quantitative estimate of drug-likeness (QED) is 0.682. The van der Waals surface area contributed by atoms with Crippen molar-refractivity contribution in [1.29, 1.82) is 0 Å². The van der Waals surface area contributed by atoms with Crippen LogP contribution in [0.5, 0.6) is 0 Å². The normalized spacial score (nSPS) is 14.5. The molecule has 0 radical (unpaired) electrons. The molecular formula is C21H24ClN2O4+. The summed E-state index contributed by atoms with van der Waals surface area (Å²) in [5.74, 6) is -0.871. The van der Waals surface area contributed by atoms with Gasteiger partial charge in [0.1, 0.15) is 19.6 Å². The number of carbonyl (C=O) groups is 2. The molecule has 1 fully saturated rings. The highest BCUT2D eigenvalue weighted by molar-refractivity contribution is 6.30. The molecule has 0 aromatic heterocycles. The third-order valence-corrected chi connectivity index (χ3v) is 4.79. The van der Waals surface area contributed by atoms with Gasteiger partial charge in [-0.1, -0.05) is 35.9 Å². The maximum Gasteiger partial charge on any atom is 0.338 e. The van der Waals surface area contributed by atoms with E-state index in [1.165, 1.54) is 4.90 Å². The van der Waals surface area contributed by atoms with Crippen molar-refractivity contribution < 1.29 is 24.0 Å². The van der Waals surface area contributed by atoms with Gasteiger partial charge in [-0.15, -0.1) is 0 Å². The molecule has 1 aliphatic rings. The van der Waals surface area contributed by atoms with Crippen LogP contribution >= 0.6 is 11.6 Å². The van der Waals surface area contributed by atoms with Crippen LogP contribution in [0.1, 0.15) is 21.5 Å². The van der Waals surface area contributed by atoms with E-state index in [1.54, 1.807) is 24.3 Å². The summed E-state index contributed by atoms with van der Waals surface area (Å²) in [5, 5.41) is 3.31. The molecule has 1 heterocycles. The molecule has 2 aromatic carbocycles. The molecule has 28 heavy (non-hydrogen) atoms. The molecule has 2 N–H and O–H groups in total. The fourth-order valence-corrected chi connectivity index (χ4v) is 3.21. The summed E-state index contributed by atoms with van der Waals surface area (Å²) in [5.41, 5.74) is 2.47.